The van der Waals surface area contributed by atoms with Crippen LogP contribution in [0.15, 0.2) is 35.3 Å². The van der Waals surface area contributed by atoms with Crippen molar-refractivity contribution in [2.45, 2.75) is 51.1 Å². The SMILES string of the molecule is CCC(NC(=NC1CCCC1)NN)c1ccccc1. The Labute approximate surface area is 115 Å². The number of hydrazine groups is 1. The number of rotatable bonds is 4. The molecule has 0 heterocycles. The maximum Gasteiger partial charge on any atom is 0.206 e. The zero-order valence-electron chi connectivity index (χ0n) is 11.6. The molecule has 4 N–H and O–H groups in total. The molecule has 2 rings (SSSR count). The van der Waals surface area contributed by atoms with E-state index >= 15 is 0 Å². The second-order valence-corrected chi connectivity index (χ2v) is 5.08. The number of hydrogen-bond donors (Lipinski definition) is 3. The Morgan fingerprint density at radius 3 is 2.58 bits per heavy atom. The fourth-order valence-corrected chi connectivity index (χ4v) is 2.60. The Balaban J connectivity index is 2.03. The van der Waals surface area contributed by atoms with Crippen LogP contribution in [0.25, 0.3) is 0 Å². The van der Waals surface area contributed by atoms with Crippen LogP contribution in [0, 0.1) is 0 Å². The first-order valence-electron chi connectivity index (χ1n) is 7.19. The summed E-state index contributed by atoms with van der Waals surface area (Å²) in [5, 5.41) is 3.41. The first kappa shape index (κ1) is 13.9. The second-order valence-electron chi connectivity index (χ2n) is 5.08. The summed E-state index contributed by atoms with van der Waals surface area (Å²) in [5.74, 6) is 6.30. The van der Waals surface area contributed by atoms with Gasteiger partial charge in [-0.1, -0.05) is 50.1 Å². The lowest BCUT2D eigenvalue weighted by Gasteiger charge is -2.20. The molecule has 1 fully saturated rings. The maximum atomic E-state index is 5.59. The van der Waals surface area contributed by atoms with Crippen LogP contribution in [0.1, 0.15) is 50.6 Å². The number of nitrogens with one attached hydrogen (secondary N) is 2. The molecule has 1 aliphatic rings. The summed E-state index contributed by atoms with van der Waals surface area (Å²) in [6, 6.07) is 11.1. The van der Waals surface area contributed by atoms with E-state index in [9.17, 15) is 0 Å². The fourth-order valence-electron chi connectivity index (χ4n) is 2.60. The van der Waals surface area contributed by atoms with Crippen molar-refractivity contribution in [3.63, 3.8) is 0 Å². The van der Waals surface area contributed by atoms with Crippen molar-refractivity contribution in [3.8, 4) is 0 Å². The number of nitrogens with zero attached hydrogens (tertiary/aromatic N) is 1. The highest BCUT2D eigenvalue weighted by molar-refractivity contribution is 5.79. The van der Waals surface area contributed by atoms with Gasteiger partial charge in [0.15, 0.2) is 0 Å². The third-order valence-corrected chi connectivity index (χ3v) is 3.69. The molecule has 4 nitrogen and oxygen atoms in total. The van der Waals surface area contributed by atoms with Gasteiger partial charge in [-0.15, -0.1) is 0 Å². The van der Waals surface area contributed by atoms with Gasteiger partial charge in [-0.25, -0.2) is 10.8 Å². The molecular formula is C15H24N4. The van der Waals surface area contributed by atoms with Crippen molar-refractivity contribution < 1.29 is 0 Å². The van der Waals surface area contributed by atoms with Crippen molar-refractivity contribution in [1.29, 1.82) is 0 Å². The molecular weight excluding hydrogens is 236 g/mol. The van der Waals surface area contributed by atoms with Crippen LogP contribution < -0.4 is 16.6 Å². The van der Waals surface area contributed by atoms with Gasteiger partial charge < -0.3 is 5.32 Å². The molecule has 1 saturated carbocycles. The number of aliphatic imine (C=N–C) groups is 1. The quantitative estimate of drug-likeness (QED) is 0.337. The lowest BCUT2D eigenvalue weighted by molar-refractivity contribution is 0.599. The summed E-state index contributed by atoms with van der Waals surface area (Å²) >= 11 is 0. The van der Waals surface area contributed by atoms with E-state index in [0.717, 1.165) is 6.42 Å². The lowest BCUT2D eigenvalue weighted by atomic mass is 10.1. The molecule has 1 atom stereocenters. The molecule has 104 valence electrons. The molecule has 0 aromatic heterocycles. The van der Waals surface area contributed by atoms with Crippen LogP contribution in [0.2, 0.25) is 0 Å². The first-order chi connectivity index (χ1) is 9.33. The summed E-state index contributed by atoms with van der Waals surface area (Å²) in [6.45, 7) is 2.16. The van der Waals surface area contributed by atoms with Gasteiger partial charge >= 0.3 is 0 Å². The van der Waals surface area contributed by atoms with Crippen molar-refractivity contribution in [1.82, 2.24) is 10.7 Å². The minimum absolute atomic E-state index is 0.248. The number of benzene rings is 1. The highest BCUT2D eigenvalue weighted by atomic mass is 15.3. The summed E-state index contributed by atoms with van der Waals surface area (Å²) in [6.07, 6.45) is 5.91. The summed E-state index contributed by atoms with van der Waals surface area (Å²) < 4.78 is 0. The lowest BCUT2D eigenvalue weighted by Crippen LogP contribution is -2.43. The Hall–Kier alpha value is -1.55. The minimum atomic E-state index is 0.248. The maximum absolute atomic E-state index is 5.59. The van der Waals surface area contributed by atoms with Gasteiger partial charge in [0.1, 0.15) is 0 Å². The van der Waals surface area contributed by atoms with Gasteiger partial charge in [-0.3, -0.25) is 5.43 Å². The van der Waals surface area contributed by atoms with Gasteiger partial charge in [0.2, 0.25) is 5.96 Å². The standard InChI is InChI=1S/C15H24N4/c1-2-14(12-8-4-3-5-9-12)18-15(19-16)17-13-10-6-7-11-13/h3-5,8-9,13-14H,2,6-7,10-11,16H2,1H3,(H2,17,18,19). The number of nitrogens with two attached hydrogens (primary N) is 1. The van der Waals surface area contributed by atoms with Gasteiger partial charge in [-0.2, -0.15) is 0 Å². The van der Waals surface area contributed by atoms with Gasteiger partial charge in [0, 0.05) is 0 Å². The highest BCUT2D eigenvalue weighted by Crippen LogP contribution is 2.21. The number of guanidine groups is 1. The zero-order valence-corrected chi connectivity index (χ0v) is 11.6. The topological polar surface area (TPSA) is 62.4 Å². The molecule has 1 aromatic rings. The van der Waals surface area contributed by atoms with E-state index in [0.29, 0.717) is 12.0 Å². The fraction of sp³-hybridized carbons (Fsp3) is 0.533. The van der Waals surface area contributed by atoms with E-state index in [1.807, 2.05) is 6.07 Å². The Morgan fingerprint density at radius 1 is 1.32 bits per heavy atom. The molecule has 4 heteroatoms. The summed E-state index contributed by atoms with van der Waals surface area (Å²) in [7, 11) is 0. The van der Waals surface area contributed by atoms with Crippen LogP contribution in [0.5, 0.6) is 0 Å². The van der Waals surface area contributed by atoms with Crippen molar-refractivity contribution in [2.24, 2.45) is 10.8 Å². The van der Waals surface area contributed by atoms with E-state index in [2.05, 4.69) is 46.9 Å². The average molecular weight is 260 g/mol. The van der Waals surface area contributed by atoms with E-state index in [1.165, 1.54) is 31.2 Å². The molecule has 0 bridgehead atoms. The van der Waals surface area contributed by atoms with Gasteiger partial charge in [0.25, 0.3) is 0 Å². The van der Waals surface area contributed by atoms with Crippen molar-refractivity contribution in [3.05, 3.63) is 35.9 Å². The van der Waals surface area contributed by atoms with E-state index in [1.54, 1.807) is 0 Å². The van der Waals surface area contributed by atoms with Gasteiger partial charge in [0.05, 0.1) is 12.1 Å². The first-order valence-corrected chi connectivity index (χ1v) is 7.19. The van der Waals surface area contributed by atoms with Crippen LogP contribution in [-0.4, -0.2) is 12.0 Å². The molecule has 0 spiro atoms. The normalized spacial score (nSPS) is 18.3. The summed E-state index contributed by atoms with van der Waals surface area (Å²) in [5.41, 5.74) is 3.97. The van der Waals surface area contributed by atoms with Gasteiger partial charge in [-0.05, 0) is 24.8 Å². The monoisotopic (exact) mass is 260 g/mol. The third-order valence-electron chi connectivity index (χ3n) is 3.69. The van der Waals surface area contributed by atoms with Crippen LogP contribution in [0.3, 0.4) is 0 Å². The highest BCUT2D eigenvalue weighted by Gasteiger charge is 2.16. The van der Waals surface area contributed by atoms with Crippen molar-refractivity contribution >= 4 is 5.96 Å². The van der Waals surface area contributed by atoms with E-state index in [-0.39, 0.29) is 6.04 Å². The number of hydrogen-bond acceptors (Lipinski definition) is 2. The van der Waals surface area contributed by atoms with Crippen LogP contribution in [-0.2, 0) is 0 Å². The Kier molecular flexibility index (Phi) is 5.21. The Bertz CT molecular complexity index is 396. The summed E-state index contributed by atoms with van der Waals surface area (Å²) in [4.78, 5) is 4.68. The minimum Gasteiger partial charge on any atom is -0.349 e. The predicted molar refractivity (Wildman–Crippen MR) is 79.6 cm³/mol. The smallest absolute Gasteiger partial charge is 0.206 e. The zero-order chi connectivity index (χ0) is 13.5. The van der Waals surface area contributed by atoms with E-state index < -0.39 is 0 Å². The third kappa shape index (κ3) is 3.96. The molecule has 0 aliphatic heterocycles. The largest absolute Gasteiger partial charge is 0.349 e. The molecule has 0 saturated heterocycles. The molecule has 1 aliphatic carbocycles. The average Bonchev–Trinajstić information content (AvgIpc) is 2.97. The molecule has 1 unspecified atom stereocenters. The van der Waals surface area contributed by atoms with Crippen molar-refractivity contribution in [2.75, 3.05) is 0 Å². The molecule has 0 amide bonds. The molecule has 1 aromatic carbocycles. The predicted octanol–water partition coefficient (Wildman–Crippen LogP) is 2.49. The molecule has 19 heavy (non-hydrogen) atoms. The second kappa shape index (κ2) is 7.14. The van der Waals surface area contributed by atoms with Crippen LogP contribution in [0.4, 0.5) is 0 Å². The van der Waals surface area contributed by atoms with Crippen LogP contribution >= 0.6 is 0 Å². The molecule has 0 radical (unpaired) electrons. The Morgan fingerprint density at radius 2 is 2.00 bits per heavy atom. The van der Waals surface area contributed by atoms with E-state index in [4.69, 9.17) is 5.84 Å².